The third kappa shape index (κ3) is 7.44. The summed E-state index contributed by atoms with van der Waals surface area (Å²) in [5, 5.41) is 4.97. The number of anilines is 2. The molecule has 0 radical (unpaired) electrons. The number of amides is 2. The summed E-state index contributed by atoms with van der Waals surface area (Å²) in [6.45, 7) is 1.56. The fraction of sp³-hybridized carbons (Fsp3) is 0.222. The molecule has 2 amide bonds. The molecule has 7 nitrogen and oxygen atoms in total. The topological polar surface area (TPSA) is 85.9 Å². The van der Waals surface area contributed by atoms with Gasteiger partial charge in [-0.05, 0) is 43.3 Å². The molecule has 0 fully saturated rings. The second-order valence-electron chi connectivity index (χ2n) is 5.28. The Morgan fingerprint density at radius 3 is 2.32 bits per heavy atom. The van der Waals surface area contributed by atoms with Crippen molar-refractivity contribution in [3.8, 4) is 11.5 Å². The first-order valence-corrected chi connectivity index (χ1v) is 8.07. The van der Waals surface area contributed by atoms with Crippen molar-refractivity contribution < 1.29 is 37.0 Å². The third-order valence-electron chi connectivity index (χ3n) is 3.10. The first-order chi connectivity index (χ1) is 13.2. The number of hydrogen-bond donors (Lipinski definition) is 2. The number of carbonyl (C=O) groups excluding carboxylic acids is 2. The van der Waals surface area contributed by atoms with Crippen molar-refractivity contribution in [2.24, 2.45) is 0 Å². The van der Waals surface area contributed by atoms with Crippen LogP contribution in [0.15, 0.2) is 48.5 Å². The van der Waals surface area contributed by atoms with Crippen LogP contribution in [0.4, 0.5) is 29.3 Å². The number of alkyl halides is 3. The zero-order valence-electron chi connectivity index (χ0n) is 14.7. The molecular weight excluding hydrogens is 381 g/mol. The number of halogens is 3. The molecule has 2 N–H and O–H groups in total. The van der Waals surface area contributed by atoms with Crippen molar-refractivity contribution in [2.75, 3.05) is 23.8 Å². The molecule has 0 saturated carbocycles. The number of ether oxygens (including phenoxy) is 3. The van der Waals surface area contributed by atoms with E-state index in [4.69, 9.17) is 9.47 Å². The van der Waals surface area contributed by atoms with Gasteiger partial charge in [-0.15, -0.1) is 13.2 Å². The lowest BCUT2D eigenvalue weighted by molar-refractivity contribution is -0.274. The maximum absolute atomic E-state index is 12.1. The molecule has 150 valence electrons. The van der Waals surface area contributed by atoms with Gasteiger partial charge in [-0.2, -0.15) is 0 Å². The fourth-order valence-corrected chi connectivity index (χ4v) is 2.03. The molecular formula is C18H17F3N2O5. The Bertz CT molecular complexity index is 810. The minimum atomic E-state index is -4.78. The molecule has 0 saturated heterocycles. The summed E-state index contributed by atoms with van der Waals surface area (Å²) in [5.74, 6) is -0.584. The number of nitrogens with one attached hydrogen (secondary N) is 2. The van der Waals surface area contributed by atoms with Crippen LogP contribution in [0.5, 0.6) is 11.5 Å². The van der Waals surface area contributed by atoms with Crippen LogP contribution in [0.25, 0.3) is 0 Å². The Labute approximate surface area is 158 Å². The first kappa shape index (κ1) is 20.9. The largest absolute Gasteiger partial charge is 0.573 e. The van der Waals surface area contributed by atoms with Gasteiger partial charge in [0.15, 0.2) is 6.61 Å². The SMILES string of the molecule is CCOC(=O)Nc1cccc(OCC(=O)Nc2ccc(OC(F)(F)F)cc2)c1. The van der Waals surface area contributed by atoms with Crippen LogP contribution in [0.2, 0.25) is 0 Å². The summed E-state index contributed by atoms with van der Waals surface area (Å²) in [6.07, 6.45) is -5.40. The summed E-state index contributed by atoms with van der Waals surface area (Å²) in [4.78, 5) is 23.3. The highest BCUT2D eigenvalue weighted by molar-refractivity contribution is 5.92. The molecule has 0 unspecified atom stereocenters. The van der Waals surface area contributed by atoms with E-state index in [0.717, 1.165) is 12.1 Å². The predicted molar refractivity (Wildman–Crippen MR) is 94.3 cm³/mol. The molecule has 0 aromatic heterocycles. The Hall–Kier alpha value is -3.43. The van der Waals surface area contributed by atoms with Gasteiger partial charge in [0.05, 0.1) is 6.61 Å². The van der Waals surface area contributed by atoms with E-state index in [-0.39, 0.29) is 18.9 Å². The molecule has 0 aliphatic rings. The molecule has 2 aromatic carbocycles. The summed E-state index contributed by atoms with van der Waals surface area (Å²) in [7, 11) is 0. The van der Waals surface area contributed by atoms with Crippen LogP contribution >= 0.6 is 0 Å². The lowest BCUT2D eigenvalue weighted by atomic mass is 10.3. The smallest absolute Gasteiger partial charge is 0.484 e. The van der Waals surface area contributed by atoms with Gasteiger partial charge in [0, 0.05) is 17.4 Å². The van der Waals surface area contributed by atoms with Crippen LogP contribution in [-0.4, -0.2) is 31.6 Å². The number of rotatable bonds is 7. The number of hydrogen-bond acceptors (Lipinski definition) is 5. The van der Waals surface area contributed by atoms with Gasteiger partial charge in [0.2, 0.25) is 0 Å². The molecule has 0 spiro atoms. The average molecular weight is 398 g/mol. The standard InChI is InChI=1S/C18H17F3N2O5/c1-2-26-17(25)23-13-4-3-5-15(10-13)27-11-16(24)22-12-6-8-14(9-7-12)28-18(19,20)21/h3-10H,2,11H2,1H3,(H,22,24)(H,23,25). The summed E-state index contributed by atoms with van der Waals surface area (Å²) in [5.41, 5.74) is 0.706. The van der Waals surface area contributed by atoms with E-state index in [1.807, 2.05) is 0 Å². The highest BCUT2D eigenvalue weighted by Crippen LogP contribution is 2.24. The van der Waals surface area contributed by atoms with Crippen molar-refractivity contribution in [1.29, 1.82) is 0 Å². The van der Waals surface area contributed by atoms with E-state index in [2.05, 4.69) is 15.4 Å². The summed E-state index contributed by atoms with van der Waals surface area (Å²) >= 11 is 0. The van der Waals surface area contributed by atoms with Gasteiger partial charge in [0.25, 0.3) is 5.91 Å². The molecule has 10 heteroatoms. The van der Waals surface area contributed by atoms with Crippen molar-refractivity contribution in [1.82, 2.24) is 0 Å². The van der Waals surface area contributed by atoms with E-state index in [0.29, 0.717) is 11.4 Å². The Balaban J connectivity index is 1.84. The highest BCUT2D eigenvalue weighted by atomic mass is 19.4. The van der Waals surface area contributed by atoms with Crippen molar-refractivity contribution in [3.63, 3.8) is 0 Å². The lowest BCUT2D eigenvalue weighted by Gasteiger charge is -2.11. The molecule has 28 heavy (non-hydrogen) atoms. The number of benzene rings is 2. The maximum atomic E-state index is 12.1. The van der Waals surface area contributed by atoms with Gasteiger partial charge >= 0.3 is 12.5 Å². The molecule has 2 aromatic rings. The summed E-state index contributed by atoms with van der Waals surface area (Å²) in [6, 6.07) is 11.0. The monoisotopic (exact) mass is 398 g/mol. The normalized spacial score (nSPS) is 10.7. The second-order valence-corrected chi connectivity index (χ2v) is 5.28. The van der Waals surface area contributed by atoms with Crippen molar-refractivity contribution in [3.05, 3.63) is 48.5 Å². The quantitative estimate of drug-likeness (QED) is 0.731. The van der Waals surface area contributed by atoms with Crippen LogP contribution < -0.4 is 20.1 Å². The van der Waals surface area contributed by atoms with Gasteiger partial charge in [0.1, 0.15) is 11.5 Å². The van der Waals surface area contributed by atoms with E-state index >= 15 is 0 Å². The zero-order chi connectivity index (χ0) is 20.6. The van der Waals surface area contributed by atoms with Gasteiger partial charge < -0.3 is 19.5 Å². The van der Waals surface area contributed by atoms with Crippen LogP contribution in [-0.2, 0) is 9.53 Å². The minimum Gasteiger partial charge on any atom is -0.484 e. The van der Waals surface area contributed by atoms with Crippen LogP contribution in [0, 0.1) is 0 Å². The van der Waals surface area contributed by atoms with Crippen molar-refractivity contribution in [2.45, 2.75) is 13.3 Å². The fourth-order valence-electron chi connectivity index (χ4n) is 2.03. The average Bonchev–Trinajstić information content (AvgIpc) is 2.61. The molecule has 0 bridgehead atoms. The lowest BCUT2D eigenvalue weighted by Crippen LogP contribution is -2.20. The van der Waals surface area contributed by atoms with E-state index in [1.165, 1.54) is 18.2 Å². The second kappa shape index (κ2) is 9.49. The molecule has 0 atom stereocenters. The first-order valence-electron chi connectivity index (χ1n) is 8.07. The maximum Gasteiger partial charge on any atom is 0.573 e. The van der Waals surface area contributed by atoms with E-state index in [9.17, 15) is 22.8 Å². The highest BCUT2D eigenvalue weighted by Gasteiger charge is 2.30. The van der Waals surface area contributed by atoms with E-state index < -0.39 is 24.1 Å². The van der Waals surface area contributed by atoms with Crippen LogP contribution in [0.1, 0.15) is 6.92 Å². The summed E-state index contributed by atoms with van der Waals surface area (Å²) < 4.78 is 50.2. The Kier molecular flexibility index (Phi) is 7.08. The predicted octanol–water partition coefficient (Wildman–Crippen LogP) is 4.17. The molecule has 0 aliphatic carbocycles. The Morgan fingerprint density at radius 2 is 1.68 bits per heavy atom. The van der Waals surface area contributed by atoms with Crippen molar-refractivity contribution >= 4 is 23.4 Å². The van der Waals surface area contributed by atoms with Gasteiger partial charge in [-0.3, -0.25) is 10.1 Å². The zero-order valence-corrected chi connectivity index (χ0v) is 14.7. The molecule has 2 rings (SSSR count). The Morgan fingerprint density at radius 1 is 0.964 bits per heavy atom. The van der Waals surface area contributed by atoms with Crippen LogP contribution in [0.3, 0.4) is 0 Å². The van der Waals surface area contributed by atoms with Gasteiger partial charge in [-0.25, -0.2) is 4.79 Å². The number of carbonyl (C=O) groups is 2. The minimum absolute atomic E-state index is 0.228. The van der Waals surface area contributed by atoms with E-state index in [1.54, 1.807) is 25.1 Å². The molecule has 0 aliphatic heterocycles. The van der Waals surface area contributed by atoms with Gasteiger partial charge in [-0.1, -0.05) is 6.07 Å². The molecule has 0 heterocycles. The third-order valence-corrected chi connectivity index (χ3v) is 3.10.